The molecule has 0 atom stereocenters. The first kappa shape index (κ1) is 8.98. The average Bonchev–Trinajstić information content (AvgIpc) is 2.33. The normalized spacial score (nSPS) is 18.6. The van der Waals surface area contributed by atoms with Crippen molar-refractivity contribution in [3.05, 3.63) is 36.0 Å². The number of aliphatic imine (C=N–C) groups is 1. The SMILES string of the molecule is C/N=C/C=C/C1=CC=CCCC1. The maximum Gasteiger partial charge on any atom is 0.0277 e. The van der Waals surface area contributed by atoms with Gasteiger partial charge in [-0.3, -0.25) is 4.99 Å². The lowest BCUT2D eigenvalue weighted by atomic mass is 10.1. The van der Waals surface area contributed by atoms with Crippen LogP contribution in [0.5, 0.6) is 0 Å². The molecule has 0 unspecified atom stereocenters. The van der Waals surface area contributed by atoms with E-state index in [1.54, 1.807) is 7.05 Å². The summed E-state index contributed by atoms with van der Waals surface area (Å²) in [7, 11) is 1.78. The van der Waals surface area contributed by atoms with E-state index in [-0.39, 0.29) is 0 Å². The van der Waals surface area contributed by atoms with Gasteiger partial charge in [0.05, 0.1) is 0 Å². The predicted octanol–water partition coefficient (Wildman–Crippen LogP) is 2.91. The van der Waals surface area contributed by atoms with Crippen LogP contribution in [0.2, 0.25) is 0 Å². The Hall–Kier alpha value is -1.11. The second-order valence-electron chi connectivity index (χ2n) is 2.83. The molecule has 1 heteroatoms. The summed E-state index contributed by atoms with van der Waals surface area (Å²) < 4.78 is 0. The highest BCUT2D eigenvalue weighted by Gasteiger charge is 1.93. The van der Waals surface area contributed by atoms with E-state index in [1.165, 1.54) is 24.8 Å². The third kappa shape index (κ3) is 3.33. The highest BCUT2D eigenvalue weighted by atomic mass is 14.6. The first-order chi connectivity index (χ1) is 5.93. The molecule has 0 saturated carbocycles. The molecule has 0 aromatic rings. The van der Waals surface area contributed by atoms with Crippen LogP contribution in [0.15, 0.2) is 40.9 Å². The lowest BCUT2D eigenvalue weighted by Gasteiger charge is -1.95. The van der Waals surface area contributed by atoms with Gasteiger partial charge in [0.15, 0.2) is 0 Å². The summed E-state index contributed by atoms with van der Waals surface area (Å²) in [5, 5.41) is 0. The Morgan fingerprint density at radius 3 is 3.25 bits per heavy atom. The Balaban J connectivity index is 2.50. The fraction of sp³-hybridized carbons (Fsp3) is 0.364. The molecule has 0 bridgehead atoms. The average molecular weight is 161 g/mol. The molecule has 1 rings (SSSR count). The Kier molecular flexibility index (Phi) is 4.14. The molecule has 1 aliphatic rings. The molecular formula is C11H15N. The van der Waals surface area contributed by atoms with Gasteiger partial charge in [-0.05, 0) is 30.9 Å². The highest BCUT2D eigenvalue weighted by Crippen LogP contribution is 2.12. The van der Waals surface area contributed by atoms with Crippen molar-refractivity contribution >= 4 is 6.21 Å². The summed E-state index contributed by atoms with van der Waals surface area (Å²) in [4.78, 5) is 3.89. The predicted molar refractivity (Wildman–Crippen MR) is 54.6 cm³/mol. The van der Waals surface area contributed by atoms with Crippen LogP contribution in [0.1, 0.15) is 19.3 Å². The quantitative estimate of drug-likeness (QED) is 0.552. The van der Waals surface area contributed by atoms with Crippen molar-refractivity contribution in [1.82, 2.24) is 0 Å². The molecule has 0 aromatic carbocycles. The molecule has 0 radical (unpaired) electrons. The number of allylic oxidation sites excluding steroid dienone is 6. The molecule has 64 valence electrons. The third-order valence-corrected chi connectivity index (χ3v) is 1.83. The van der Waals surface area contributed by atoms with Gasteiger partial charge in [-0.15, -0.1) is 0 Å². The van der Waals surface area contributed by atoms with Gasteiger partial charge in [-0.1, -0.05) is 24.3 Å². The van der Waals surface area contributed by atoms with Gasteiger partial charge in [0.25, 0.3) is 0 Å². The molecule has 1 aliphatic carbocycles. The molecule has 12 heavy (non-hydrogen) atoms. The lowest BCUT2D eigenvalue weighted by Crippen LogP contribution is -1.77. The molecule has 0 N–H and O–H groups in total. The lowest BCUT2D eigenvalue weighted by molar-refractivity contribution is 0.855. The second-order valence-corrected chi connectivity index (χ2v) is 2.83. The number of hydrogen-bond donors (Lipinski definition) is 0. The minimum absolute atomic E-state index is 1.18. The van der Waals surface area contributed by atoms with Crippen molar-refractivity contribution in [2.75, 3.05) is 7.05 Å². The van der Waals surface area contributed by atoms with Crippen LogP contribution in [-0.2, 0) is 0 Å². The molecule has 0 fully saturated rings. The Morgan fingerprint density at radius 2 is 2.42 bits per heavy atom. The second kappa shape index (κ2) is 5.53. The molecule has 0 aromatic heterocycles. The van der Waals surface area contributed by atoms with E-state index in [1.807, 2.05) is 12.3 Å². The van der Waals surface area contributed by atoms with Crippen molar-refractivity contribution in [3.63, 3.8) is 0 Å². The molecule has 0 spiro atoms. The van der Waals surface area contributed by atoms with E-state index in [4.69, 9.17) is 0 Å². The van der Waals surface area contributed by atoms with Gasteiger partial charge in [0.2, 0.25) is 0 Å². The van der Waals surface area contributed by atoms with E-state index in [0.717, 1.165) is 0 Å². The monoisotopic (exact) mass is 161 g/mol. The van der Waals surface area contributed by atoms with Gasteiger partial charge in [-0.25, -0.2) is 0 Å². The van der Waals surface area contributed by atoms with Crippen LogP contribution >= 0.6 is 0 Å². The Bertz CT molecular complexity index is 231. The molecule has 0 saturated heterocycles. The van der Waals surface area contributed by atoms with Crippen molar-refractivity contribution in [3.8, 4) is 0 Å². The highest BCUT2D eigenvalue weighted by molar-refractivity contribution is 5.71. The summed E-state index contributed by atoms with van der Waals surface area (Å²) in [6.07, 6.45) is 16.1. The van der Waals surface area contributed by atoms with Crippen LogP contribution in [0, 0.1) is 0 Å². The van der Waals surface area contributed by atoms with Gasteiger partial charge < -0.3 is 0 Å². The molecule has 0 aliphatic heterocycles. The number of nitrogens with zero attached hydrogens (tertiary/aromatic N) is 1. The van der Waals surface area contributed by atoms with Gasteiger partial charge in [0.1, 0.15) is 0 Å². The largest absolute Gasteiger partial charge is 0.297 e. The number of rotatable bonds is 2. The van der Waals surface area contributed by atoms with Gasteiger partial charge in [-0.2, -0.15) is 0 Å². The van der Waals surface area contributed by atoms with Crippen molar-refractivity contribution < 1.29 is 0 Å². The molecule has 1 nitrogen and oxygen atoms in total. The smallest absolute Gasteiger partial charge is 0.0277 e. The molecular weight excluding hydrogens is 146 g/mol. The van der Waals surface area contributed by atoms with Gasteiger partial charge >= 0.3 is 0 Å². The van der Waals surface area contributed by atoms with Crippen LogP contribution in [0.25, 0.3) is 0 Å². The first-order valence-corrected chi connectivity index (χ1v) is 4.38. The topological polar surface area (TPSA) is 12.4 Å². The minimum Gasteiger partial charge on any atom is -0.297 e. The standard InChI is InChI=1S/C11H15N/c1-12-10-6-9-11-7-4-2-3-5-8-11/h2,4,6-7,9-10H,3,5,8H2,1H3/b9-6+,12-10+. The zero-order chi connectivity index (χ0) is 8.65. The third-order valence-electron chi connectivity index (χ3n) is 1.83. The fourth-order valence-corrected chi connectivity index (χ4v) is 1.19. The van der Waals surface area contributed by atoms with E-state index in [0.29, 0.717) is 0 Å². The van der Waals surface area contributed by atoms with Crippen LogP contribution < -0.4 is 0 Å². The summed E-state index contributed by atoms with van der Waals surface area (Å²) in [6.45, 7) is 0. The Labute approximate surface area is 74.2 Å². The molecule has 0 amide bonds. The maximum atomic E-state index is 3.89. The summed E-state index contributed by atoms with van der Waals surface area (Å²) in [6, 6.07) is 0. The van der Waals surface area contributed by atoms with Crippen LogP contribution in [0.3, 0.4) is 0 Å². The zero-order valence-corrected chi connectivity index (χ0v) is 7.53. The Morgan fingerprint density at radius 1 is 1.50 bits per heavy atom. The minimum atomic E-state index is 1.18. The maximum absolute atomic E-state index is 3.89. The summed E-state index contributed by atoms with van der Waals surface area (Å²) in [5.74, 6) is 0. The van der Waals surface area contributed by atoms with Crippen LogP contribution in [0.4, 0.5) is 0 Å². The summed E-state index contributed by atoms with van der Waals surface area (Å²) in [5.41, 5.74) is 1.39. The van der Waals surface area contributed by atoms with E-state index in [9.17, 15) is 0 Å². The van der Waals surface area contributed by atoms with Crippen molar-refractivity contribution in [2.45, 2.75) is 19.3 Å². The summed E-state index contributed by atoms with van der Waals surface area (Å²) >= 11 is 0. The van der Waals surface area contributed by atoms with E-state index < -0.39 is 0 Å². The van der Waals surface area contributed by atoms with Crippen molar-refractivity contribution in [2.24, 2.45) is 4.99 Å². The number of hydrogen-bond acceptors (Lipinski definition) is 1. The van der Waals surface area contributed by atoms with E-state index >= 15 is 0 Å². The fourth-order valence-electron chi connectivity index (χ4n) is 1.19. The first-order valence-electron chi connectivity index (χ1n) is 4.38. The van der Waals surface area contributed by atoms with E-state index in [2.05, 4.69) is 29.3 Å². The van der Waals surface area contributed by atoms with Gasteiger partial charge in [0, 0.05) is 13.3 Å². The van der Waals surface area contributed by atoms with Crippen molar-refractivity contribution in [1.29, 1.82) is 0 Å². The zero-order valence-electron chi connectivity index (χ0n) is 7.53. The molecule has 0 heterocycles. The van der Waals surface area contributed by atoms with Crippen LogP contribution in [-0.4, -0.2) is 13.3 Å².